The minimum Gasteiger partial charge on any atom is -0.237 e. The van der Waals surface area contributed by atoms with Gasteiger partial charge in [0.2, 0.25) is 0 Å². The second kappa shape index (κ2) is 6.12. The SMILES string of the molecule is CS(=O)(=O)c1ccc(-n2nc(C(F)(F)F)cc2C2CCCC2)cc1F. The lowest BCUT2D eigenvalue weighted by Gasteiger charge is -2.13. The molecule has 25 heavy (non-hydrogen) atoms. The van der Waals surface area contributed by atoms with E-state index in [9.17, 15) is 26.0 Å². The predicted molar refractivity (Wildman–Crippen MR) is 82.8 cm³/mol. The molecule has 0 unspecified atom stereocenters. The quantitative estimate of drug-likeness (QED) is 0.758. The molecule has 0 aliphatic heterocycles. The Morgan fingerprint density at radius 1 is 1.16 bits per heavy atom. The third-order valence-corrected chi connectivity index (χ3v) is 5.49. The molecule has 4 nitrogen and oxygen atoms in total. The maximum absolute atomic E-state index is 14.1. The van der Waals surface area contributed by atoms with E-state index in [-0.39, 0.29) is 11.6 Å². The average molecular weight is 376 g/mol. The first-order valence-corrected chi connectivity index (χ1v) is 9.63. The van der Waals surface area contributed by atoms with Gasteiger partial charge in [0.05, 0.1) is 5.69 Å². The molecule has 1 aromatic heterocycles. The van der Waals surface area contributed by atoms with E-state index in [2.05, 4.69) is 5.10 Å². The molecule has 0 saturated heterocycles. The Balaban J connectivity index is 2.12. The number of nitrogens with zero attached hydrogens (tertiary/aromatic N) is 2. The highest BCUT2D eigenvalue weighted by Crippen LogP contribution is 2.38. The zero-order valence-corrected chi connectivity index (χ0v) is 14.2. The van der Waals surface area contributed by atoms with Crippen molar-refractivity contribution in [3.63, 3.8) is 0 Å². The first-order chi connectivity index (χ1) is 11.6. The topological polar surface area (TPSA) is 52.0 Å². The lowest BCUT2D eigenvalue weighted by atomic mass is 10.0. The van der Waals surface area contributed by atoms with Crippen LogP contribution < -0.4 is 0 Å². The smallest absolute Gasteiger partial charge is 0.237 e. The highest BCUT2D eigenvalue weighted by Gasteiger charge is 2.36. The van der Waals surface area contributed by atoms with E-state index in [1.807, 2.05) is 0 Å². The number of halogens is 4. The Kier molecular flexibility index (Phi) is 4.38. The minimum absolute atomic E-state index is 0.0716. The molecular formula is C16H16F4N2O2S. The summed E-state index contributed by atoms with van der Waals surface area (Å²) in [5, 5.41) is 3.60. The van der Waals surface area contributed by atoms with Crippen LogP contribution in [0.4, 0.5) is 17.6 Å². The molecule has 1 aliphatic rings. The molecule has 1 aromatic carbocycles. The monoisotopic (exact) mass is 376 g/mol. The van der Waals surface area contributed by atoms with Crippen LogP contribution in [0.15, 0.2) is 29.2 Å². The molecule has 0 radical (unpaired) electrons. The summed E-state index contributed by atoms with van der Waals surface area (Å²) in [6.45, 7) is 0. The maximum Gasteiger partial charge on any atom is 0.435 e. The fourth-order valence-corrected chi connectivity index (χ4v) is 3.90. The van der Waals surface area contributed by atoms with Gasteiger partial charge in [-0.15, -0.1) is 0 Å². The first kappa shape index (κ1) is 17.9. The molecule has 1 heterocycles. The van der Waals surface area contributed by atoms with Crippen molar-refractivity contribution in [2.45, 2.75) is 42.7 Å². The fraction of sp³-hybridized carbons (Fsp3) is 0.438. The molecule has 1 saturated carbocycles. The average Bonchev–Trinajstić information content (AvgIpc) is 3.14. The van der Waals surface area contributed by atoms with Crippen LogP contribution in [0.25, 0.3) is 5.69 Å². The van der Waals surface area contributed by atoms with E-state index in [1.54, 1.807) is 0 Å². The number of sulfone groups is 1. The standard InChI is InChI=1S/C16H16F4N2O2S/c1-25(23,24)14-7-6-11(8-12(14)17)22-13(10-4-2-3-5-10)9-15(21-22)16(18,19)20/h6-10H,2-5H2,1H3. The lowest BCUT2D eigenvalue weighted by molar-refractivity contribution is -0.141. The number of hydrogen-bond acceptors (Lipinski definition) is 3. The maximum atomic E-state index is 14.1. The summed E-state index contributed by atoms with van der Waals surface area (Å²) in [6.07, 6.45) is -0.425. The van der Waals surface area contributed by atoms with Crippen LogP contribution in [0, 0.1) is 5.82 Å². The number of benzene rings is 1. The largest absolute Gasteiger partial charge is 0.435 e. The number of alkyl halides is 3. The number of aromatic nitrogens is 2. The Bertz CT molecular complexity index is 897. The zero-order valence-electron chi connectivity index (χ0n) is 13.3. The second-order valence-corrected chi connectivity index (χ2v) is 8.22. The van der Waals surface area contributed by atoms with E-state index in [0.29, 0.717) is 5.69 Å². The third-order valence-electron chi connectivity index (χ3n) is 4.36. The summed E-state index contributed by atoms with van der Waals surface area (Å²) in [4.78, 5) is -0.498. The summed E-state index contributed by atoms with van der Waals surface area (Å²) in [6, 6.07) is 4.22. The van der Waals surface area contributed by atoms with Crippen LogP contribution in [0.3, 0.4) is 0 Å². The Labute approximate surface area is 142 Å². The molecule has 0 amide bonds. The van der Waals surface area contributed by atoms with Gasteiger partial charge < -0.3 is 0 Å². The van der Waals surface area contributed by atoms with Crippen LogP contribution >= 0.6 is 0 Å². The Morgan fingerprint density at radius 3 is 2.32 bits per heavy atom. The fourth-order valence-electron chi connectivity index (χ4n) is 3.18. The van der Waals surface area contributed by atoms with Gasteiger partial charge in [-0.1, -0.05) is 12.8 Å². The molecule has 0 spiro atoms. The number of hydrogen-bond donors (Lipinski definition) is 0. The van der Waals surface area contributed by atoms with Gasteiger partial charge in [0.15, 0.2) is 15.5 Å². The molecule has 0 bridgehead atoms. The van der Waals surface area contributed by atoms with E-state index >= 15 is 0 Å². The summed E-state index contributed by atoms with van der Waals surface area (Å²) < 4.78 is 77.4. The summed E-state index contributed by atoms with van der Waals surface area (Å²) in [5.41, 5.74) is -0.597. The van der Waals surface area contributed by atoms with Crippen molar-refractivity contribution in [1.29, 1.82) is 0 Å². The molecular weight excluding hydrogens is 360 g/mol. The normalized spacial score (nSPS) is 16.5. The minimum atomic E-state index is -4.61. The van der Waals surface area contributed by atoms with Gasteiger partial charge in [0.1, 0.15) is 10.7 Å². The highest BCUT2D eigenvalue weighted by atomic mass is 32.2. The Hall–Kier alpha value is -1.90. The van der Waals surface area contributed by atoms with Gasteiger partial charge in [-0.3, -0.25) is 0 Å². The lowest BCUT2D eigenvalue weighted by Crippen LogP contribution is -2.09. The van der Waals surface area contributed by atoms with E-state index in [4.69, 9.17) is 0 Å². The van der Waals surface area contributed by atoms with Crippen LogP contribution in [0.5, 0.6) is 0 Å². The van der Waals surface area contributed by atoms with E-state index < -0.39 is 32.4 Å². The zero-order chi connectivity index (χ0) is 18.4. The molecule has 0 N–H and O–H groups in total. The van der Waals surface area contributed by atoms with Crippen LogP contribution in [-0.4, -0.2) is 24.5 Å². The van der Waals surface area contributed by atoms with Crippen molar-refractivity contribution in [3.8, 4) is 5.69 Å². The van der Waals surface area contributed by atoms with E-state index in [0.717, 1.165) is 54.8 Å². The van der Waals surface area contributed by atoms with Crippen molar-refractivity contribution in [2.24, 2.45) is 0 Å². The van der Waals surface area contributed by atoms with Crippen molar-refractivity contribution in [2.75, 3.05) is 6.26 Å². The highest BCUT2D eigenvalue weighted by molar-refractivity contribution is 7.90. The molecule has 136 valence electrons. The van der Waals surface area contributed by atoms with Crippen LogP contribution in [-0.2, 0) is 16.0 Å². The van der Waals surface area contributed by atoms with Gasteiger partial charge in [0.25, 0.3) is 0 Å². The molecule has 3 rings (SSSR count). The van der Waals surface area contributed by atoms with Gasteiger partial charge in [-0.05, 0) is 31.0 Å². The molecule has 1 aliphatic carbocycles. The van der Waals surface area contributed by atoms with Crippen molar-refractivity contribution in [3.05, 3.63) is 41.5 Å². The first-order valence-electron chi connectivity index (χ1n) is 7.74. The van der Waals surface area contributed by atoms with Crippen LogP contribution in [0.1, 0.15) is 43.0 Å². The predicted octanol–water partition coefficient (Wildman–Crippen LogP) is 4.09. The van der Waals surface area contributed by atoms with Crippen molar-refractivity contribution < 1.29 is 26.0 Å². The van der Waals surface area contributed by atoms with Crippen molar-refractivity contribution >= 4 is 9.84 Å². The van der Waals surface area contributed by atoms with E-state index in [1.165, 1.54) is 6.07 Å². The molecule has 2 aromatic rings. The van der Waals surface area contributed by atoms with Gasteiger partial charge in [-0.25, -0.2) is 17.5 Å². The van der Waals surface area contributed by atoms with Gasteiger partial charge >= 0.3 is 6.18 Å². The molecule has 1 fully saturated rings. The molecule has 0 atom stereocenters. The van der Waals surface area contributed by atoms with Crippen molar-refractivity contribution in [1.82, 2.24) is 9.78 Å². The van der Waals surface area contributed by atoms with Gasteiger partial charge in [0, 0.05) is 23.9 Å². The van der Waals surface area contributed by atoms with Gasteiger partial charge in [-0.2, -0.15) is 18.3 Å². The Morgan fingerprint density at radius 2 is 1.80 bits per heavy atom. The summed E-state index contributed by atoms with van der Waals surface area (Å²) >= 11 is 0. The third kappa shape index (κ3) is 3.56. The van der Waals surface area contributed by atoms with Crippen LogP contribution in [0.2, 0.25) is 0 Å². The summed E-state index contributed by atoms with van der Waals surface area (Å²) in [5.74, 6) is -1.09. The second-order valence-electron chi connectivity index (χ2n) is 6.23. The molecule has 9 heteroatoms. The summed E-state index contributed by atoms with van der Waals surface area (Å²) in [7, 11) is -3.76. The number of rotatable bonds is 3.